The first kappa shape index (κ1) is 20.1. The average molecular weight is 421 g/mol. The van der Waals surface area contributed by atoms with E-state index < -0.39 is 17.7 Å². The maximum absolute atomic E-state index is 14.2. The number of ether oxygens (including phenoxy) is 1. The molecule has 4 nitrogen and oxygen atoms in total. The fraction of sp³-hybridized carbons (Fsp3) is 0.409. The maximum atomic E-state index is 14.2. The van der Waals surface area contributed by atoms with Crippen molar-refractivity contribution in [1.29, 1.82) is 0 Å². The highest BCUT2D eigenvalue weighted by molar-refractivity contribution is 6.30. The molecule has 29 heavy (non-hydrogen) atoms. The highest BCUT2D eigenvalue weighted by Gasteiger charge is 2.35. The Kier molecular flexibility index (Phi) is 6.01. The number of halogens is 3. The minimum absolute atomic E-state index is 0.0533. The summed E-state index contributed by atoms with van der Waals surface area (Å²) in [4.78, 5) is 14.4. The standard InChI is InChI=1S/C22H23ClF2N2O2/c23-16-4-2-5-19(11-16)29-22(28)27(13-15-3-1-6-20(24)21(15)25)12-14-9-17-7-8-18(10-14)26-17/h1-6,11,14,17-18,26H,7-10,12-13H2. The number of amides is 1. The third-order valence-corrected chi connectivity index (χ3v) is 5.94. The Labute approximate surface area is 173 Å². The van der Waals surface area contributed by atoms with Crippen LogP contribution in [0.25, 0.3) is 0 Å². The molecule has 2 aromatic carbocycles. The molecule has 0 radical (unpaired) electrons. The van der Waals surface area contributed by atoms with Gasteiger partial charge in [0.05, 0.1) is 6.54 Å². The molecular weight excluding hydrogens is 398 g/mol. The molecule has 154 valence electrons. The number of piperidine rings is 1. The van der Waals surface area contributed by atoms with Crippen molar-refractivity contribution in [3.05, 3.63) is 64.7 Å². The number of fused-ring (bicyclic) bond motifs is 2. The smallest absolute Gasteiger partial charge is 0.410 e. The second-order valence-corrected chi connectivity index (χ2v) is 8.33. The van der Waals surface area contributed by atoms with Crippen LogP contribution in [0.15, 0.2) is 42.5 Å². The zero-order valence-corrected chi connectivity index (χ0v) is 16.7. The number of benzene rings is 2. The van der Waals surface area contributed by atoms with E-state index in [1.54, 1.807) is 24.3 Å². The summed E-state index contributed by atoms with van der Waals surface area (Å²) in [6.07, 6.45) is 3.62. The van der Waals surface area contributed by atoms with E-state index in [0.29, 0.717) is 29.4 Å². The van der Waals surface area contributed by atoms with E-state index in [1.807, 2.05) is 0 Å². The van der Waals surface area contributed by atoms with Crippen molar-refractivity contribution in [1.82, 2.24) is 10.2 Å². The Morgan fingerprint density at radius 2 is 1.86 bits per heavy atom. The lowest BCUT2D eigenvalue weighted by Crippen LogP contribution is -2.44. The Bertz CT molecular complexity index is 883. The fourth-order valence-electron chi connectivity index (χ4n) is 4.41. The zero-order chi connectivity index (χ0) is 20.4. The van der Waals surface area contributed by atoms with Crippen LogP contribution >= 0.6 is 11.6 Å². The van der Waals surface area contributed by atoms with Crippen molar-refractivity contribution in [3.63, 3.8) is 0 Å². The molecule has 2 fully saturated rings. The summed E-state index contributed by atoms with van der Waals surface area (Å²) in [5, 5.41) is 4.03. The lowest BCUT2D eigenvalue weighted by Gasteiger charge is -2.33. The third-order valence-electron chi connectivity index (χ3n) is 5.70. The summed E-state index contributed by atoms with van der Waals surface area (Å²) in [7, 11) is 0. The van der Waals surface area contributed by atoms with Crippen LogP contribution in [0.1, 0.15) is 31.2 Å². The Hall–Kier alpha value is -2.18. The summed E-state index contributed by atoms with van der Waals surface area (Å²) in [5.74, 6) is -1.25. The van der Waals surface area contributed by atoms with Gasteiger partial charge in [-0.15, -0.1) is 0 Å². The Morgan fingerprint density at radius 3 is 2.59 bits per heavy atom. The van der Waals surface area contributed by atoms with Gasteiger partial charge in [-0.3, -0.25) is 0 Å². The van der Waals surface area contributed by atoms with Gasteiger partial charge in [0, 0.05) is 29.2 Å². The van der Waals surface area contributed by atoms with Gasteiger partial charge in [-0.1, -0.05) is 29.8 Å². The van der Waals surface area contributed by atoms with E-state index in [-0.39, 0.29) is 18.0 Å². The van der Waals surface area contributed by atoms with Gasteiger partial charge in [-0.25, -0.2) is 13.6 Å². The van der Waals surface area contributed by atoms with E-state index >= 15 is 0 Å². The molecule has 2 aliphatic rings. The summed E-state index contributed by atoms with van der Waals surface area (Å²) < 4.78 is 33.4. The van der Waals surface area contributed by atoms with Crippen molar-refractivity contribution in [3.8, 4) is 5.75 Å². The van der Waals surface area contributed by atoms with Gasteiger partial charge >= 0.3 is 6.09 Å². The minimum Gasteiger partial charge on any atom is -0.410 e. The molecule has 7 heteroatoms. The van der Waals surface area contributed by atoms with Gasteiger partial charge in [0.1, 0.15) is 5.75 Å². The quantitative estimate of drug-likeness (QED) is 0.727. The Morgan fingerprint density at radius 1 is 1.14 bits per heavy atom. The predicted molar refractivity (Wildman–Crippen MR) is 107 cm³/mol. The van der Waals surface area contributed by atoms with Gasteiger partial charge in [0.2, 0.25) is 0 Å². The second kappa shape index (κ2) is 8.67. The maximum Gasteiger partial charge on any atom is 0.415 e. The van der Waals surface area contributed by atoms with Crippen LogP contribution in [0.3, 0.4) is 0 Å². The monoisotopic (exact) mass is 420 g/mol. The lowest BCUT2D eigenvalue weighted by molar-refractivity contribution is 0.130. The SMILES string of the molecule is O=C(Oc1cccc(Cl)c1)N(Cc1cccc(F)c1F)CC1CC2CCC(C1)N2. The number of hydrogen-bond acceptors (Lipinski definition) is 3. The molecule has 0 aromatic heterocycles. The van der Waals surface area contributed by atoms with Crippen LogP contribution in [0.2, 0.25) is 5.02 Å². The van der Waals surface area contributed by atoms with Gasteiger partial charge in [0.25, 0.3) is 0 Å². The van der Waals surface area contributed by atoms with Crippen LogP contribution in [0, 0.1) is 17.6 Å². The molecule has 0 aliphatic carbocycles. The van der Waals surface area contributed by atoms with Crippen molar-refractivity contribution >= 4 is 17.7 Å². The van der Waals surface area contributed by atoms with E-state index in [9.17, 15) is 13.6 Å². The van der Waals surface area contributed by atoms with Crippen molar-refractivity contribution < 1.29 is 18.3 Å². The minimum atomic E-state index is -0.932. The van der Waals surface area contributed by atoms with E-state index in [1.165, 1.54) is 17.0 Å². The fourth-order valence-corrected chi connectivity index (χ4v) is 4.59. The molecule has 1 N–H and O–H groups in total. The molecule has 4 rings (SSSR count). The van der Waals surface area contributed by atoms with Crippen LogP contribution in [-0.2, 0) is 6.54 Å². The molecular formula is C22H23ClF2N2O2. The number of rotatable bonds is 5. The van der Waals surface area contributed by atoms with E-state index in [4.69, 9.17) is 16.3 Å². The molecule has 2 unspecified atom stereocenters. The van der Waals surface area contributed by atoms with Crippen molar-refractivity contribution in [2.24, 2.45) is 5.92 Å². The molecule has 2 heterocycles. The number of hydrogen-bond donors (Lipinski definition) is 1. The summed E-state index contributed by atoms with van der Waals surface area (Å²) in [6, 6.07) is 11.5. The predicted octanol–water partition coefficient (Wildman–Crippen LogP) is 5.15. The Balaban J connectivity index is 1.52. The van der Waals surface area contributed by atoms with Crippen LogP contribution in [-0.4, -0.2) is 29.6 Å². The normalized spacial score (nSPS) is 23.1. The summed E-state index contributed by atoms with van der Waals surface area (Å²) >= 11 is 5.97. The van der Waals surface area contributed by atoms with Crippen molar-refractivity contribution in [2.45, 2.75) is 44.3 Å². The number of carbonyl (C=O) groups is 1. The van der Waals surface area contributed by atoms with E-state index in [2.05, 4.69) is 5.32 Å². The molecule has 0 saturated carbocycles. The van der Waals surface area contributed by atoms with Gasteiger partial charge in [-0.05, 0) is 55.9 Å². The highest BCUT2D eigenvalue weighted by Crippen LogP contribution is 2.32. The van der Waals surface area contributed by atoms with Crippen LogP contribution in [0.5, 0.6) is 5.75 Å². The summed E-state index contributed by atoms with van der Waals surface area (Å²) in [5.41, 5.74) is 0.130. The average Bonchev–Trinajstić information content (AvgIpc) is 3.03. The van der Waals surface area contributed by atoms with Gasteiger partial charge in [0.15, 0.2) is 11.6 Å². The molecule has 2 atom stereocenters. The topological polar surface area (TPSA) is 41.6 Å². The highest BCUT2D eigenvalue weighted by atomic mass is 35.5. The van der Waals surface area contributed by atoms with Gasteiger partial charge < -0.3 is 15.0 Å². The molecule has 2 bridgehead atoms. The lowest BCUT2D eigenvalue weighted by atomic mass is 9.92. The van der Waals surface area contributed by atoms with Crippen molar-refractivity contribution in [2.75, 3.05) is 6.54 Å². The molecule has 2 saturated heterocycles. The van der Waals surface area contributed by atoms with Crippen LogP contribution < -0.4 is 10.1 Å². The molecule has 1 amide bonds. The zero-order valence-electron chi connectivity index (χ0n) is 15.9. The number of nitrogens with one attached hydrogen (secondary N) is 1. The molecule has 2 aliphatic heterocycles. The number of carbonyl (C=O) groups excluding carboxylic acids is 1. The second-order valence-electron chi connectivity index (χ2n) is 7.89. The van der Waals surface area contributed by atoms with Crippen LogP contribution in [0.4, 0.5) is 13.6 Å². The first-order chi connectivity index (χ1) is 14.0. The first-order valence-corrected chi connectivity index (χ1v) is 10.3. The summed E-state index contributed by atoms with van der Waals surface area (Å²) in [6.45, 7) is 0.381. The van der Waals surface area contributed by atoms with E-state index in [0.717, 1.165) is 31.7 Å². The number of nitrogens with zero attached hydrogens (tertiary/aromatic N) is 1. The third kappa shape index (κ3) is 4.87. The molecule has 0 spiro atoms. The first-order valence-electron chi connectivity index (χ1n) is 9.89. The molecule has 2 aromatic rings. The van der Waals surface area contributed by atoms with Gasteiger partial charge in [-0.2, -0.15) is 0 Å². The largest absolute Gasteiger partial charge is 0.415 e.